The first-order valence-corrected chi connectivity index (χ1v) is 5.31. The molecule has 0 radical (unpaired) electrons. The van der Waals surface area contributed by atoms with Crippen LogP contribution in [0.15, 0.2) is 0 Å². The van der Waals surface area contributed by atoms with Crippen molar-refractivity contribution in [1.82, 2.24) is 0 Å². The van der Waals surface area contributed by atoms with Gasteiger partial charge in [-0.15, -0.1) is 0 Å². The van der Waals surface area contributed by atoms with Crippen LogP contribution in [0, 0.1) is 0 Å². The predicted octanol–water partition coefficient (Wildman–Crippen LogP) is -0.814. The molecule has 1 N–H and O–H groups in total. The summed E-state index contributed by atoms with van der Waals surface area (Å²) in [6.07, 6.45) is -1.58. The zero-order chi connectivity index (χ0) is 12.4. The number of rotatable bonds is 4. The van der Waals surface area contributed by atoms with E-state index in [1.807, 2.05) is 0 Å². The standard InChI is InChI=1S/C10H14O7/c1-5(11)17-7-3-16-9-6(2-15-10(7)9)14-4-8(12)13/h6-7,9-10H,2-4H2,1H3,(H,12,13)/t6-,7+,9-,10-/m1/s1. The maximum Gasteiger partial charge on any atom is 0.329 e. The lowest BCUT2D eigenvalue weighted by molar-refractivity contribution is -0.152. The summed E-state index contributed by atoms with van der Waals surface area (Å²) in [6, 6.07) is 0. The summed E-state index contributed by atoms with van der Waals surface area (Å²) in [5.41, 5.74) is 0. The molecule has 17 heavy (non-hydrogen) atoms. The van der Waals surface area contributed by atoms with Gasteiger partial charge in [0.1, 0.15) is 24.9 Å². The Labute approximate surface area is 97.6 Å². The molecule has 2 heterocycles. The molecule has 4 atom stereocenters. The Morgan fingerprint density at radius 1 is 1.24 bits per heavy atom. The van der Waals surface area contributed by atoms with E-state index >= 15 is 0 Å². The number of esters is 1. The number of carboxylic acid groups (broad SMARTS) is 1. The van der Waals surface area contributed by atoms with E-state index in [1.165, 1.54) is 6.92 Å². The zero-order valence-electron chi connectivity index (χ0n) is 9.33. The van der Waals surface area contributed by atoms with Gasteiger partial charge in [-0.1, -0.05) is 0 Å². The fraction of sp³-hybridized carbons (Fsp3) is 0.800. The van der Waals surface area contributed by atoms with Crippen molar-refractivity contribution in [3.63, 3.8) is 0 Å². The van der Waals surface area contributed by atoms with Crippen molar-refractivity contribution in [3.8, 4) is 0 Å². The van der Waals surface area contributed by atoms with E-state index in [0.29, 0.717) is 0 Å². The minimum Gasteiger partial charge on any atom is -0.480 e. The van der Waals surface area contributed by atoms with E-state index in [9.17, 15) is 9.59 Å². The lowest BCUT2D eigenvalue weighted by atomic mass is 10.1. The van der Waals surface area contributed by atoms with Crippen molar-refractivity contribution in [2.75, 3.05) is 19.8 Å². The predicted molar refractivity (Wildman–Crippen MR) is 52.4 cm³/mol. The number of carbonyl (C=O) groups is 2. The molecule has 2 aliphatic heterocycles. The highest BCUT2D eigenvalue weighted by Gasteiger charge is 2.49. The van der Waals surface area contributed by atoms with Crippen molar-refractivity contribution in [2.24, 2.45) is 0 Å². The van der Waals surface area contributed by atoms with Crippen molar-refractivity contribution < 1.29 is 33.6 Å². The highest BCUT2D eigenvalue weighted by atomic mass is 16.7. The van der Waals surface area contributed by atoms with Gasteiger partial charge in [0, 0.05) is 6.92 Å². The van der Waals surface area contributed by atoms with Crippen molar-refractivity contribution in [3.05, 3.63) is 0 Å². The fourth-order valence-corrected chi connectivity index (χ4v) is 2.06. The Morgan fingerprint density at radius 3 is 2.41 bits per heavy atom. The minimum absolute atomic E-state index is 0.250. The molecule has 0 aromatic rings. The fourth-order valence-electron chi connectivity index (χ4n) is 2.06. The molecule has 0 aromatic carbocycles. The van der Waals surface area contributed by atoms with Gasteiger partial charge < -0.3 is 24.1 Å². The zero-order valence-corrected chi connectivity index (χ0v) is 9.33. The number of hydrogen-bond donors (Lipinski definition) is 1. The molecule has 2 rings (SSSR count). The number of fused-ring (bicyclic) bond motifs is 1. The van der Waals surface area contributed by atoms with E-state index in [1.54, 1.807) is 0 Å². The van der Waals surface area contributed by atoms with Crippen molar-refractivity contribution >= 4 is 11.9 Å². The third kappa shape index (κ3) is 2.74. The lowest BCUT2D eigenvalue weighted by Crippen LogP contribution is -2.35. The summed E-state index contributed by atoms with van der Waals surface area (Å²) >= 11 is 0. The van der Waals surface area contributed by atoms with Gasteiger partial charge in [-0.05, 0) is 0 Å². The van der Waals surface area contributed by atoms with E-state index in [0.717, 1.165) is 0 Å². The summed E-state index contributed by atoms with van der Waals surface area (Å²) < 4.78 is 21.0. The van der Waals surface area contributed by atoms with Gasteiger partial charge >= 0.3 is 11.9 Å². The quantitative estimate of drug-likeness (QED) is 0.648. The summed E-state index contributed by atoms with van der Waals surface area (Å²) in [4.78, 5) is 21.2. The first-order valence-electron chi connectivity index (χ1n) is 5.31. The minimum atomic E-state index is -1.04. The van der Waals surface area contributed by atoms with Gasteiger partial charge in [-0.2, -0.15) is 0 Å². The van der Waals surface area contributed by atoms with Crippen LogP contribution in [0.1, 0.15) is 6.92 Å². The van der Waals surface area contributed by atoms with Gasteiger partial charge in [0.05, 0.1) is 13.2 Å². The number of hydrogen-bond acceptors (Lipinski definition) is 6. The molecule has 0 saturated carbocycles. The summed E-state index contributed by atoms with van der Waals surface area (Å²) in [7, 11) is 0. The Balaban J connectivity index is 1.88. The van der Waals surface area contributed by atoms with E-state index in [2.05, 4.69) is 0 Å². The molecule has 7 heteroatoms. The molecule has 96 valence electrons. The maximum absolute atomic E-state index is 10.8. The SMILES string of the molecule is CC(=O)O[C@H]1CO[C@H]2[C@@H]1OC[C@H]2OCC(=O)O. The molecule has 0 amide bonds. The van der Waals surface area contributed by atoms with Crippen LogP contribution in [0.2, 0.25) is 0 Å². The second-order valence-electron chi connectivity index (χ2n) is 3.99. The van der Waals surface area contributed by atoms with Crippen LogP contribution in [-0.4, -0.2) is 61.3 Å². The molecule has 7 nitrogen and oxygen atoms in total. The van der Waals surface area contributed by atoms with Crippen LogP contribution in [0.25, 0.3) is 0 Å². The molecule has 0 unspecified atom stereocenters. The second kappa shape index (κ2) is 4.99. The third-order valence-electron chi connectivity index (χ3n) is 2.70. The molecule has 0 bridgehead atoms. The molecule has 0 aromatic heterocycles. The molecule has 2 aliphatic rings. The van der Waals surface area contributed by atoms with Crippen LogP contribution < -0.4 is 0 Å². The largest absolute Gasteiger partial charge is 0.480 e. The Kier molecular flexibility index (Phi) is 3.60. The van der Waals surface area contributed by atoms with Gasteiger partial charge in [-0.3, -0.25) is 4.79 Å². The van der Waals surface area contributed by atoms with Crippen LogP contribution in [0.4, 0.5) is 0 Å². The molecular weight excluding hydrogens is 232 g/mol. The average Bonchev–Trinajstić information content (AvgIpc) is 2.78. The van der Waals surface area contributed by atoms with Crippen LogP contribution in [0.5, 0.6) is 0 Å². The number of aliphatic carboxylic acids is 1. The van der Waals surface area contributed by atoms with Crippen LogP contribution >= 0.6 is 0 Å². The Morgan fingerprint density at radius 2 is 1.82 bits per heavy atom. The number of carbonyl (C=O) groups excluding carboxylic acids is 1. The van der Waals surface area contributed by atoms with Gasteiger partial charge in [0.25, 0.3) is 0 Å². The van der Waals surface area contributed by atoms with Gasteiger partial charge in [0.15, 0.2) is 6.10 Å². The van der Waals surface area contributed by atoms with Crippen LogP contribution in [-0.2, 0) is 28.5 Å². The Bertz CT molecular complexity index is 316. The topological polar surface area (TPSA) is 91.3 Å². The van der Waals surface area contributed by atoms with Crippen molar-refractivity contribution in [1.29, 1.82) is 0 Å². The normalized spacial score (nSPS) is 35.6. The van der Waals surface area contributed by atoms with Gasteiger partial charge in [-0.25, -0.2) is 4.79 Å². The molecule has 0 aliphatic carbocycles. The third-order valence-corrected chi connectivity index (χ3v) is 2.70. The monoisotopic (exact) mass is 246 g/mol. The van der Waals surface area contributed by atoms with E-state index < -0.39 is 30.8 Å². The molecular formula is C10H14O7. The lowest BCUT2D eigenvalue weighted by Gasteiger charge is -2.16. The highest BCUT2D eigenvalue weighted by molar-refractivity contribution is 5.68. The summed E-state index contributed by atoms with van der Waals surface area (Å²) in [6.45, 7) is 1.43. The molecule has 2 saturated heterocycles. The van der Waals surface area contributed by atoms with Crippen LogP contribution in [0.3, 0.4) is 0 Å². The first kappa shape index (κ1) is 12.3. The Hall–Kier alpha value is -1.18. The smallest absolute Gasteiger partial charge is 0.329 e. The summed E-state index contributed by atoms with van der Waals surface area (Å²) in [5.74, 6) is -1.43. The maximum atomic E-state index is 10.8. The second-order valence-corrected chi connectivity index (χ2v) is 3.99. The van der Waals surface area contributed by atoms with Gasteiger partial charge in [0.2, 0.25) is 0 Å². The highest BCUT2D eigenvalue weighted by Crippen LogP contribution is 2.30. The molecule has 2 fully saturated rings. The average molecular weight is 246 g/mol. The van der Waals surface area contributed by atoms with E-state index in [4.69, 9.17) is 24.1 Å². The van der Waals surface area contributed by atoms with Crippen molar-refractivity contribution in [2.45, 2.75) is 31.3 Å². The summed E-state index contributed by atoms with van der Waals surface area (Å²) in [5, 5.41) is 8.51. The number of carboxylic acids is 1. The van der Waals surface area contributed by atoms with E-state index in [-0.39, 0.29) is 25.4 Å². The first-order chi connectivity index (χ1) is 8.08. The molecule has 0 spiro atoms. The number of ether oxygens (including phenoxy) is 4.